The van der Waals surface area contributed by atoms with Crippen molar-refractivity contribution < 1.29 is 34.0 Å². The van der Waals surface area contributed by atoms with Crippen LogP contribution in [0.5, 0.6) is 23.0 Å². The first-order valence-electron chi connectivity index (χ1n) is 8.83. The zero-order valence-electron chi connectivity index (χ0n) is 16.5. The van der Waals surface area contributed by atoms with Crippen molar-refractivity contribution in [3.05, 3.63) is 59.7 Å². The van der Waals surface area contributed by atoms with Crippen molar-refractivity contribution in [1.82, 2.24) is 0 Å². The SMILES string of the molecule is C=C(C=O)C(COC(C)=O)C(c1ccc(O)c(OC)c1)c1ccc(O)c(OC)c1. The van der Waals surface area contributed by atoms with Gasteiger partial charge in [0.2, 0.25) is 0 Å². The third-order valence-corrected chi connectivity index (χ3v) is 4.62. The van der Waals surface area contributed by atoms with Gasteiger partial charge in [-0.3, -0.25) is 9.59 Å². The Morgan fingerprint density at radius 1 is 1.03 bits per heavy atom. The third-order valence-electron chi connectivity index (χ3n) is 4.62. The van der Waals surface area contributed by atoms with E-state index in [1.165, 1.54) is 33.3 Å². The van der Waals surface area contributed by atoms with E-state index in [0.717, 1.165) is 0 Å². The minimum atomic E-state index is -0.597. The van der Waals surface area contributed by atoms with E-state index in [1.807, 2.05) is 0 Å². The molecule has 0 fully saturated rings. The maximum absolute atomic E-state index is 11.5. The lowest BCUT2D eigenvalue weighted by atomic mass is 9.77. The lowest BCUT2D eigenvalue weighted by Gasteiger charge is -2.28. The summed E-state index contributed by atoms with van der Waals surface area (Å²) < 4.78 is 15.6. The molecule has 2 N–H and O–H groups in total. The van der Waals surface area contributed by atoms with E-state index < -0.39 is 17.8 Å². The summed E-state index contributed by atoms with van der Waals surface area (Å²) in [4.78, 5) is 22.9. The normalized spacial score (nSPS) is 11.6. The minimum absolute atomic E-state index is 0.0379. The maximum Gasteiger partial charge on any atom is 0.302 e. The van der Waals surface area contributed by atoms with Crippen LogP contribution in [-0.2, 0) is 14.3 Å². The second kappa shape index (κ2) is 9.64. The first-order chi connectivity index (χ1) is 13.8. The van der Waals surface area contributed by atoms with Crippen molar-refractivity contribution in [2.45, 2.75) is 12.8 Å². The van der Waals surface area contributed by atoms with Crippen LogP contribution in [0.25, 0.3) is 0 Å². The smallest absolute Gasteiger partial charge is 0.302 e. The fourth-order valence-corrected chi connectivity index (χ4v) is 3.14. The number of aromatic hydroxyl groups is 2. The Bertz CT molecular complexity index is 851. The topological polar surface area (TPSA) is 102 Å². The van der Waals surface area contributed by atoms with Crippen LogP contribution >= 0.6 is 0 Å². The van der Waals surface area contributed by atoms with Crippen molar-refractivity contribution in [2.75, 3.05) is 20.8 Å². The van der Waals surface area contributed by atoms with Crippen LogP contribution in [-0.4, -0.2) is 43.3 Å². The van der Waals surface area contributed by atoms with Gasteiger partial charge in [-0.2, -0.15) is 0 Å². The van der Waals surface area contributed by atoms with Crippen LogP contribution in [0.4, 0.5) is 0 Å². The number of benzene rings is 2. The van der Waals surface area contributed by atoms with Crippen LogP contribution in [0.2, 0.25) is 0 Å². The number of methoxy groups -OCH3 is 2. The predicted molar refractivity (Wildman–Crippen MR) is 106 cm³/mol. The molecule has 1 atom stereocenters. The molecule has 1 unspecified atom stereocenters. The van der Waals surface area contributed by atoms with E-state index >= 15 is 0 Å². The molecule has 0 spiro atoms. The Balaban J connectivity index is 2.67. The molecule has 0 aliphatic heterocycles. The number of hydrogen-bond donors (Lipinski definition) is 2. The zero-order chi connectivity index (χ0) is 21.6. The molecular weight excluding hydrogens is 376 g/mol. The number of esters is 1. The first-order valence-corrected chi connectivity index (χ1v) is 8.83. The molecule has 0 aromatic heterocycles. The van der Waals surface area contributed by atoms with Crippen LogP contribution < -0.4 is 9.47 Å². The fourth-order valence-electron chi connectivity index (χ4n) is 3.14. The van der Waals surface area contributed by atoms with E-state index in [4.69, 9.17) is 14.2 Å². The number of hydrogen-bond acceptors (Lipinski definition) is 7. The van der Waals surface area contributed by atoms with Gasteiger partial charge in [-0.1, -0.05) is 18.7 Å². The van der Waals surface area contributed by atoms with Crippen molar-refractivity contribution >= 4 is 12.3 Å². The zero-order valence-corrected chi connectivity index (χ0v) is 16.5. The van der Waals surface area contributed by atoms with Crippen molar-refractivity contribution in [3.63, 3.8) is 0 Å². The molecule has 154 valence electrons. The van der Waals surface area contributed by atoms with Gasteiger partial charge >= 0.3 is 5.97 Å². The molecule has 7 heteroatoms. The Hall–Kier alpha value is -3.48. The van der Waals surface area contributed by atoms with Gasteiger partial charge in [-0.05, 0) is 41.0 Å². The van der Waals surface area contributed by atoms with E-state index in [-0.39, 0.29) is 35.2 Å². The number of ether oxygens (including phenoxy) is 3. The maximum atomic E-state index is 11.5. The van der Waals surface area contributed by atoms with E-state index in [2.05, 4.69) is 6.58 Å². The third kappa shape index (κ3) is 5.07. The summed E-state index contributed by atoms with van der Waals surface area (Å²) in [6.45, 7) is 5.02. The lowest BCUT2D eigenvalue weighted by molar-refractivity contribution is -0.142. The van der Waals surface area contributed by atoms with Crippen molar-refractivity contribution in [1.29, 1.82) is 0 Å². The summed E-state index contributed by atoms with van der Waals surface area (Å²) in [6.07, 6.45) is 0.621. The molecule has 0 aliphatic rings. The molecule has 2 aromatic rings. The Kier molecular flexibility index (Phi) is 7.25. The monoisotopic (exact) mass is 400 g/mol. The highest BCUT2D eigenvalue weighted by molar-refractivity contribution is 5.74. The summed E-state index contributed by atoms with van der Waals surface area (Å²) in [6, 6.07) is 9.59. The summed E-state index contributed by atoms with van der Waals surface area (Å²) in [5.41, 5.74) is 1.61. The van der Waals surface area contributed by atoms with Gasteiger partial charge in [0.25, 0.3) is 0 Å². The summed E-state index contributed by atoms with van der Waals surface area (Å²) >= 11 is 0. The first kappa shape index (κ1) is 21.8. The molecular formula is C22H24O7. The van der Waals surface area contributed by atoms with Gasteiger partial charge in [0.05, 0.1) is 20.8 Å². The number of carbonyl (C=O) groups is 2. The predicted octanol–water partition coefficient (Wildman–Crippen LogP) is 3.18. The average molecular weight is 400 g/mol. The standard InChI is InChI=1S/C22H24O7/c1-13(11-23)17(12-29-14(2)24)22(15-5-7-18(25)20(9-15)27-3)16-6-8-19(26)21(10-16)28-4/h5-11,17,22,25-26H,1,12H2,2-4H3. The van der Waals surface area contributed by atoms with Crippen molar-refractivity contribution in [3.8, 4) is 23.0 Å². The Morgan fingerprint density at radius 2 is 1.52 bits per heavy atom. The van der Waals surface area contributed by atoms with Gasteiger partial charge in [0.1, 0.15) is 6.29 Å². The lowest BCUT2D eigenvalue weighted by Crippen LogP contribution is -2.23. The van der Waals surface area contributed by atoms with E-state index in [0.29, 0.717) is 17.4 Å². The Labute approximate surface area is 169 Å². The Morgan fingerprint density at radius 3 is 1.90 bits per heavy atom. The van der Waals surface area contributed by atoms with E-state index in [9.17, 15) is 19.8 Å². The van der Waals surface area contributed by atoms with Gasteiger partial charge in [-0.15, -0.1) is 0 Å². The molecule has 0 radical (unpaired) electrons. The van der Waals surface area contributed by atoms with Crippen LogP contribution in [0.3, 0.4) is 0 Å². The number of phenols is 2. The van der Waals surface area contributed by atoms with Crippen LogP contribution in [0.15, 0.2) is 48.6 Å². The summed E-state index contributed by atoms with van der Waals surface area (Å²) in [5, 5.41) is 19.9. The molecule has 2 aromatic carbocycles. The summed E-state index contributed by atoms with van der Waals surface area (Å²) in [5.74, 6) is -1.16. The summed E-state index contributed by atoms with van der Waals surface area (Å²) in [7, 11) is 2.86. The van der Waals surface area contributed by atoms with Gasteiger partial charge in [-0.25, -0.2) is 0 Å². The van der Waals surface area contributed by atoms with Crippen LogP contribution in [0, 0.1) is 5.92 Å². The second-order valence-electron chi connectivity index (χ2n) is 6.44. The minimum Gasteiger partial charge on any atom is -0.504 e. The molecule has 0 aliphatic carbocycles. The highest BCUT2D eigenvalue weighted by Crippen LogP contribution is 2.41. The van der Waals surface area contributed by atoms with E-state index in [1.54, 1.807) is 24.3 Å². The highest BCUT2D eigenvalue weighted by atomic mass is 16.5. The second-order valence-corrected chi connectivity index (χ2v) is 6.44. The number of aldehydes is 1. The molecule has 0 amide bonds. The molecule has 2 rings (SSSR count). The van der Waals surface area contributed by atoms with Crippen molar-refractivity contribution in [2.24, 2.45) is 5.92 Å². The molecule has 7 nitrogen and oxygen atoms in total. The number of rotatable bonds is 9. The largest absolute Gasteiger partial charge is 0.504 e. The van der Waals surface area contributed by atoms with Gasteiger partial charge < -0.3 is 24.4 Å². The molecule has 29 heavy (non-hydrogen) atoms. The molecule has 0 saturated heterocycles. The van der Waals surface area contributed by atoms with Crippen LogP contribution in [0.1, 0.15) is 24.0 Å². The molecule has 0 bridgehead atoms. The van der Waals surface area contributed by atoms with Gasteiger partial charge in [0, 0.05) is 18.8 Å². The average Bonchev–Trinajstić information content (AvgIpc) is 2.71. The van der Waals surface area contributed by atoms with Gasteiger partial charge in [0.15, 0.2) is 23.0 Å². The quantitative estimate of drug-likeness (QED) is 0.379. The fraction of sp³-hybridized carbons (Fsp3) is 0.273. The highest BCUT2D eigenvalue weighted by Gasteiger charge is 2.30. The number of carbonyl (C=O) groups excluding carboxylic acids is 2. The molecule has 0 saturated carbocycles. The number of phenolic OH excluding ortho intramolecular Hbond substituents is 2. The molecule has 0 heterocycles.